The molecule has 128 valence electrons. The Labute approximate surface area is 144 Å². The fourth-order valence-electron chi connectivity index (χ4n) is 3.37. The van der Waals surface area contributed by atoms with E-state index in [1.165, 1.54) is 6.08 Å². The molecule has 0 saturated carbocycles. The van der Waals surface area contributed by atoms with E-state index in [-0.39, 0.29) is 11.8 Å². The monoisotopic (exact) mass is 326 g/mol. The third-order valence-electron chi connectivity index (χ3n) is 4.85. The number of carbonyl (C=O) groups excluding carboxylic acids is 2. The first-order chi connectivity index (χ1) is 11.5. The summed E-state index contributed by atoms with van der Waals surface area (Å²) in [6.07, 6.45) is 5.20. The lowest BCUT2D eigenvalue weighted by atomic mass is 9.71. The molecule has 1 aliphatic heterocycles. The van der Waals surface area contributed by atoms with E-state index in [1.54, 1.807) is 9.80 Å². The summed E-state index contributed by atoms with van der Waals surface area (Å²) in [5, 5.41) is 0. The van der Waals surface area contributed by atoms with Gasteiger partial charge in [-0.05, 0) is 30.9 Å². The van der Waals surface area contributed by atoms with E-state index in [0.29, 0.717) is 32.5 Å². The number of rotatable bonds is 6. The number of benzene rings is 1. The fraction of sp³-hybridized carbons (Fsp3) is 0.400. The van der Waals surface area contributed by atoms with Gasteiger partial charge in [-0.2, -0.15) is 0 Å². The summed E-state index contributed by atoms with van der Waals surface area (Å²) in [6, 6.07) is 9.93. The van der Waals surface area contributed by atoms with Crippen molar-refractivity contribution in [3.8, 4) is 0 Å². The number of likely N-dealkylation sites (N-methyl/N-ethyl adjacent to an activating group) is 1. The molecule has 1 heterocycles. The van der Waals surface area contributed by atoms with Crippen LogP contribution in [0.4, 0.5) is 0 Å². The van der Waals surface area contributed by atoms with Crippen LogP contribution < -0.4 is 0 Å². The molecule has 1 saturated heterocycles. The van der Waals surface area contributed by atoms with Gasteiger partial charge in [-0.1, -0.05) is 43.0 Å². The van der Waals surface area contributed by atoms with Gasteiger partial charge < -0.3 is 9.80 Å². The molecule has 0 aliphatic carbocycles. The van der Waals surface area contributed by atoms with Gasteiger partial charge in [0, 0.05) is 26.7 Å². The average Bonchev–Trinajstić information content (AvgIpc) is 2.65. The second-order valence-corrected chi connectivity index (χ2v) is 6.28. The number of hydrogen-bond acceptors (Lipinski definition) is 2. The molecule has 1 aromatic carbocycles. The lowest BCUT2D eigenvalue weighted by Gasteiger charge is -2.42. The predicted molar refractivity (Wildman–Crippen MR) is 96.6 cm³/mol. The Morgan fingerprint density at radius 3 is 2.38 bits per heavy atom. The SMILES string of the molecule is C=CCCN(C)C(=O)C1(c2ccccc2)CCN(C(=O)C=C)CC1. The molecule has 4 heteroatoms. The summed E-state index contributed by atoms with van der Waals surface area (Å²) >= 11 is 0. The van der Waals surface area contributed by atoms with Crippen LogP contribution in [0.3, 0.4) is 0 Å². The van der Waals surface area contributed by atoms with Gasteiger partial charge in [0.1, 0.15) is 0 Å². The minimum absolute atomic E-state index is 0.0656. The highest BCUT2D eigenvalue weighted by Gasteiger charge is 2.44. The van der Waals surface area contributed by atoms with E-state index in [4.69, 9.17) is 0 Å². The lowest BCUT2D eigenvalue weighted by Crippen LogP contribution is -2.53. The van der Waals surface area contributed by atoms with Crippen LogP contribution in [-0.2, 0) is 15.0 Å². The summed E-state index contributed by atoms with van der Waals surface area (Å²) in [7, 11) is 1.85. The van der Waals surface area contributed by atoms with E-state index in [0.717, 1.165) is 12.0 Å². The normalized spacial score (nSPS) is 16.3. The zero-order valence-electron chi connectivity index (χ0n) is 14.4. The van der Waals surface area contributed by atoms with Crippen LogP contribution in [0.25, 0.3) is 0 Å². The summed E-state index contributed by atoms with van der Waals surface area (Å²) in [4.78, 5) is 28.7. The Kier molecular flexibility index (Phi) is 5.96. The molecule has 0 N–H and O–H groups in total. The number of piperidine rings is 1. The molecular formula is C20H26N2O2. The summed E-state index contributed by atoms with van der Waals surface area (Å²) in [5.74, 6) is 0.0605. The molecule has 0 spiro atoms. The maximum Gasteiger partial charge on any atom is 0.245 e. The van der Waals surface area contributed by atoms with Crippen LogP contribution in [0.5, 0.6) is 0 Å². The topological polar surface area (TPSA) is 40.6 Å². The number of nitrogens with zero attached hydrogens (tertiary/aromatic N) is 2. The third kappa shape index (κ3) is 3.58. The van der Waals surface area contributed by atoms with E-state index in [2.05, 4.69) is 13.2 Å². The summed E-state index contributed by atoms with van der Waals surface area (Å²) in [5.41, 5.74) is 0.473. The number of likely N-dealkylation sites (tertiary alicyclic amines) is 1. The van der Waals surface area contributed by atoms with E-state index >= 15 is 0 Å². The van der Waals surface area contributed by atoms with Gasteiger partial charge in [0.15, 0.2) is 0 Å². The van der Waals surface area contributed by atoms with Gasteiger partial charge in [0.2, 0.25) is 11.8 Å². The second-order valence-electron chi connectivity index (χ2n) is 6.28. The van der Waals surface area contributed by atoms with Crippen LogP contribution >= 0.6 is 0 Å². The Bertz CT molecular complexity index is 601. The largest absolute Gasteiger partial charge is 0.345 e. The quantitative estimate of drug-likeness (QED) is 0.596. The van der Waals surface area contributed by atoms with Gasteiger partial charge >= 0.3 is 0 Å². The van der Waals surface area contributed by atoms with E-state index in [9.17, 15) is 9.59 Å². The predicted octanol–water partition coefficient (Wildman–Crippen LogP) is 2.77. The maximum absolute atomic E-state index is 13.2. The van der Waals surface area contributed by atoms with Crippen molar-refractivity contribution in [3.05, 3.63) is 61.2 Å². The molecule has 0 bridgehead atoms. The molecule has 24 heavy (non-hydrogen) atoms. The highest BCUT2D eigenvalue weighted by molar-refractivity contribution is 5.90. The highest BCUT2D eigenvalue weighted by Crippen LogP contribution is 2.37. The number of amides is 2. The van der Waals surface area contributed by atoms with Crippen molar-refractivity contribution in [2.45, 2.75) is 24.7 Å². The van der Waals surface area contributed by atoms with Gasteiger partial charge in [0.05, 0.1) is 5.41 Å². The lowest BCUT2D eigenvalue weighted by molar-refractivity contribution is -0.140. The smallest absolute Gasteiger partial charge is 0.245 e. The Morgan fingerprint density at radius 2 is 1.83 bits per heavy atom. The summed E-state index contributed by atoms with van der Waals surface area (Å²) < 4.78 is 0. The van der Waals surface area contributed by atoms with Crippen molar-refractivity contribution < 1.29 is 9.59 Å². The van der Waals surface area contributed by atoms with Gasteiger partial charge in [-0.25, -0.2) is 0 Å². The first kappa shape index (κ1) is 18.0. The van der Waals surface area contributed by atoms with Crippen LogP contribution in [0, 0.1) is 0 Å². The first-order valence-corrected chi connectivity index (χ1v) is 8.38. The van der Waals surface area contributed by atoms with Crippen LogP contribution in [0.1, 0.15) is 24.8 Å². The molecule has 0 radical (unpaired) electrons. The van der Waals surface area contributed by atoms with Crippen LogP contribution in [-0.4, -0.2) is 48.3 Å². The molecule has 0 atom stereocenters. The molecule has 1 fully saturated rings. The minimum atomic E-state index is -0.560. The van der Waals surface area contributed by atoms with Crippen molar-refractivity contribution >= 4 is 11.8 Å². The average molecular weight is 326 g/mol. The molecular weight excluding hydrogens is 300 g/mol. The Morgan fingerprint density at radius 1 is 1.21 bits per heavy atom. The van der Waals surface area contributed by atoms with Crippen molar-refractivity contribution in [2.24, 2.45) is 0 Å². The molecule has 2 amide bonds. The second kappa shape index (κ2) is 7.95. The molecule has 4 nitrogen and oxygen atoms in total. The third-order valence-corrected chi connectivity index (χ3v) is 4.85. The molecule has 0 unspecified atom stereocenters. The first-order valence-electron chi connectivity index (χ1n) is 8.38. The van der Waals surface area contributed by atoms with E-state index in [1.807, 2.05) is 43.5 Å². The highest BCUT2D eigenvalue weighted by atomic mass is 16.2. The standard InChI is InChI=1S/C20H26N2O2/c1-4-6-14-21(3)19(24)20(17-10-8-7-9-11-17)12-15-22(16-13-20)18(23)5-2/h4-5,7-11H,1-2,6,12-16H2,3H3. The number of hydrogen-bond donors (Lipinski definition) is 0. The van der Waals surface area contributed by atoms with E-state index < -0.39 is 5.41 Å². The number of carbonyl (C=O) groups is 2. The fourth-order valence-corrected chi connectivity index (χ4v) is 3.37. The van der Waals surface area contributed by atoms with Crippen molar-refractivity contribution in [2.75, 3.05) is 26.7 Å². The van der Waals surface area contributed by atoms with Gasteiger partial charge in [0.25, 0.3) is 0 Å². The molecule has 1 aromatic rings. The zero-order chi connectivity index (χ0) is 17.6. The van der Waals surface area contributed by atoms with Crippen molar-refractivity contribution in [1.82, 2.24) is 9.80 Å². The molecule has 1 aliphatic rings. The Hall–Kier alpha value is -2.36. The maximum atomic E-state index is 13.2. The molecule has 0 aromatic heterocycles. The van der Waals surface area contributed by atoms with Crippen molar-refractivity contribution in [3.63, 3.8) is 0 Å². The summed E-state index contributed by atoms with van der Waals surface area (Å²) in [6.45, 7) is 9.08. The molecule has 2 rings (SSSR count). The van der Waals surface area contributed by atoms with Crippen molar-refractivity contribution in [1.29, 1.82) is 0 Å². The van der Waals surface area contributed by atoms with Crippen LogP contribution in [0.15, 0.2) is 55.6 Å². The minimum Gasteiger partial charge on any atom is -0.345 e. The van der Waals surface area contributed by atoms with Gasteiger partial charge in [-0.3, -0.25) is 9.59 Å². The Balaban J connectivity index is 2.28. The van der Waals surface area contributed by atoms with Crippen LogP contribution in [0.2, 0.25) is 0 Å². The zero-order valence-corrected chi connectivity index (χ0v) is 14.4. The van der Waals surface area contributed by atoms with Gasteiger partial charge in [-0.15, -0.1) is 6.58 Å².